The number of ether oxygens (including phenoxy) is 1. The monoisotopic (exact) mass is 323 g/mol. The van der Waals surface area contributed by atoms with Gasteiger partial charge in [0.05, 0.1) is 5.56 Å². The first-order valence-electron chi connectivity index (χ1n) is 5.52. The third-order valence-electron chi connectivity index (χ3n) is 2.44. The number of carbonyl (C=O) groups is 1. The van der Waals surface area contributed by atoms with Crippen molar-refractivity contribution in [1.29, 1.82) is 0 Å². The minimum atomic E-state index is -0.475. The highest BCUT2D eigenvalue weighted by molar-refractivity contribution is 9.10. The van der Waals surface area contributed by atoms with Crippen molar-refractivity contribution in [2.75, 3.05) is 5.73 Å². The Morgan fingerprint density at radius 2 is 1.89 bits per heavy atom. The van der Waals surface area contributed by atoms with E-state index in [2.05, 4.69) is 15.9 Å². The summed E-state index contributed by atoms with van der Waals surface area (Å²) in [6.07, 6.45) is 0. The van der Waals surface area contributed by atoms with E-state index >= 15 is 0 Å². The molecule has 0 aliphatic rings. The van der Waals surface area contributed by atoms with Gasteiger partial charge in [0.25, 0.3) is 0 Å². The molecular weight excluding hydrogens is 313 g/mol. The highest BCUT2D eigenvalue weighted by Crippen LogP contribution is 2.18. The van der Waals surface area contributed by atoms with Crippen molar-refractivity contribution in [3.8, 4) is 0 Å². The molecule has 19 heavy (non-hydrogen) atoms. The summed E-state index contributed by atoms with van der Waals surface area (Å²) in [5, 5.41) is 0. The van der Waals surface area contributed by atoms with Crippen molar-refractivity contribution in [2.24, 2.45) is 0 Å². The van der Waals surface area contributed by atoms with Gasteiger partial charge < -0.3 is 10.5 Å². The van der Waals surface area contributed by atoms with Gasteiger partial charge in [0.2, 0.25) is 0 Å². The summed E-state index contributed by atoms with van der Waals surface area (Å²) in [5.41, 5.74) is 7.21. The van der Waals surface area contributed by atoms with Gasteiger partial charge in [0.15, 0.2) is 0 Å². The zero-order chi connectivity index (χ0) is 13.8. The first-order chi connectivity index (χ1) is 9.04. The Morgan fingerprint density at radius 1 is 1.21 bits per heavy atom. The molecule has 2 aromatic carbocycles. The lowest BCUT2D eigenvalue weighted by Gasteiger charge is -2.06. The van der Waals surface area contributed by atoms with Gasteiger partial charge in [-0.3, -0.25) is 0 Å². The van der Waals surface area contributed by atoms with Gasteiger partial charge in [-0.2, -0.15) is 0 Å². The molecule has 0 saturated heterocycles. The lowest BCUT2D eigenvalue weighted by molar-refractivity contribution is 0.0472. The Hall–Kier alpha value is -1.88. The summed E-state index contributed by atoms with van der Waals surface area (Å²) in [6.45, 7) is 0.0888. The van der Waals surface area contributed by atoms with Crippen LogP contribution in [0.2, 0.25) is 0 Å². The number of benzene rings is 2. The number of nitrogen functional groups attached to an aromatic ring is 1. The third kappa shape index (κ3) is 3.79. The Morgan fingerprint density at radius 3 is 2.53 bits per heavy atom. The number of anilines is 1. The molecule has 2 N–H and O–H groups in total. The molecular formula is C14H11BrFNO2. The van der Waals surface area contributed by atoms with E-state index in [0.29, 0.717) is 15.7 Å². The quantitative estimate of drug-likeness (QED) is 0.694. The minimum absolute atomic E-state index is 0.0888. The molecule has 0 saturated carbocycles. The van der Waals surface area contributed by atoms with Gasteiger partial charge in [0.1, 0.15) is 12.4 Å². The van der Waals surface area contributed by atoms with Crippen molar-refractivity contribution < 1.29 is 13.9 Å². The number of nitrogens with two attached hydrogens (primary N) is 1. The Balaban J connectivity index is 2.03. The lowest BCUT2D eigenvalue weighted by Crippen LogP contribution is -2.06. The molecule has 0 unspecified atom stereocenters. The van der Waals surface area contributed by atoms with Crippen LogP contribution in [0, 0.1) is 5.82 Å². The lowest BCUT2D eigenvalue weighted by atomic mass is 10.2. The van der Waals surface area contributed by atoms with E-state index < -0.39 is 5.97 Å². The van der Waals surface area contributed by atoms with Crippen molar-refractivity contribution >= 4 is 27.6 Å². The number of rotatable bonds is 3. The van der Waals surface area contributed by atoms with E-state index in [0.717, 1.165) is 5.56 Å². The van der Waals surface area contributed by atoms with Gasteiger partial charge >= 0.3 is 5.97 Å². The molecule has 0 aliphatic heterocycles. The summed E-state index contributed by atoms with van der Waals surface area (Å²) in [7, 11) is 0. The van der Waals surface area contributed by atoms with Crippen LogP contribution in [0.15, 0.2) is 46.9 Å². The van der Waals surface area contributed by atoms with E-state index in [4.69, 9.17) is 10.5 Å². The van der Waals surface area contributed by atoms with Gasteiger partial charge in [-0.05, 0) is 35.9 Å². The SMILES string of the molecule is Nc1cc(Br)cc(C(=O)OCc2ccc(F)cc2)c1. The van der Waals surface area contributed by atoms with Crippen LogP contribution in [0.25, 0.3) is 0 Å². The van der Waals surface area contributed by atoms with Crippen molar-refractivity contribution in [2.45, 2.75) is 6.61 Å². The standard InChI is InChI=1S/C14H11BrFNO2/c15-11-5-10(6-13(17)7-11)14(18)19-8-9-1-3-12(16)4-2-9/h1-7H,8,17H2. The predicted molar refractivity (Wildman–Crippen MR) is 74.1 cm³/mol. The van der Waals surface area contributed by atoms with Crippen LogP contribution in [-0.2, 0) is 11.3 Å². The van der Waals surface area contributed by atoms with Crippen LogP contribution < -0.4 is 5.73 Å². The Labute approximate surface area is 118 Å². The molecule has 0 aromatic heterocycles. The molecule has 5 heteroatoms. The molecule has 0 atom stereocenters. The summed E-state index contributed by atoms with van der Waals surface area (Å²) in [5.74, 6) is -0.799. The summed E-state index contributed by atoms with van der Waals surface area (Å²) in [6, 6.07) is 10.6. The van der Waals surface area contributed by atoms with Crippen LogP contribution in [0.4, 0.5) is 10.1 Å². The van der Waals surface area contributed by atoms with Crippen molar-refractivity contribution in [3.05, 3.63) is 63.9 Å². The maximum atomic E-state index is 12.7. The molecule has 0 spiro atoms. The smallest absolute Gasteiger partial charge is 0.338 e. The maximum absolute atomic E-state index is 12.7. The van der Waals surface area contributed by atoms with Crippen molar-refractivity contribution in [3.63, 3.8) is 0 Å². The van der Waals surface area contributed by atoms with E-state index in [9.17, 15) is 9.18 Å². The van der Waals surface area contributed by atoms with Crippen LogP contribution in [0.3, 0.4) is 0 Å². The van der Waals surface area contributed by atoms with E-state index in [1.54, 1.807) is 24.3 Å². The molecule has 0 bridgehead atoms. The predicted octanol–water partition coefficient (Wildman–Crippen LogP) is 3.53. The van der Waals surface area contributed by atoms with E-state index in [1.165, 1.54) is 18.2 Å². The summed E-state index contributed by atoms with van der Waals surface area (Å²) in [4.78, 5) is 11.8. The van der Waals surface area contributed by atoms with Crippen LogP contribution >= 0.6 is 15.9 Å². The highest BCUT2D eigenvalue weighted by atomic mass is 79.9. The van der Waals surface area contributed by atoms with E-state index in [-0.39, 0.29) is 12.4 Å². The second-order valence-electron chi connectivity index (χ2n) is 3.98. The maximum Gasteiger partial charge on any atom is 0.338 e. The molecule has 0 fully saturated rings. The molecule has 98 valence electrons. The largest absolute Gasteiger partial charge is 0.457 e. The third-order valence-corrected chi connectivity index (χ3v) is 2.90. The van der Waals surface area contributed by atoms with Gasteiger partial charge in [-0.15, -0.1) is 0 Å². The van der Waals surface area contributed by atoms with Gasteiger partial charge in [-0.1, -0.05) is 28.1 Å². The van der Waals surface area contributed by atoms with Gasteiger partial charge in [0, 0.05) is 10.2 Å². The number of carbonyl (C=O) groups excluding carboxylic acids is 1. The first kappa shape index (κ1) is 13.5. The molecule has 3 nitrogen and oxygen atoms in total. The summed E-state index contributed by atoms with van der Waals surface area (Å²) >= 11 is 3.26. The number of halogens is 2. The van der Waals surface area contributed by atoms with Crippen LogP contribution in [0.1, 0.15) is 15.9 Å². The molecule has 0 amide bonds. The minimum Gasteiger partial charge on any atom is -0.457 e. The summed E-state index contributed by atoms with van der Waals surface area (Å²) < 4.78 is 18.5. The average molecular weight is 324 g/mol. The fraction of sp³-hybridized carbons (Fsp3) is 0.0714. The average Bonchev–Trinajstić information content (AvgIpc) is 2.36. The van der Waals surface area contributed by atoms with Crippen LogP contribution in [-0.4, -0.2) is 5.97 Å². The topological polar surface area (TPSA) is 52.3 Å². The van der Waals surface area contributed by atoms with Gasteiger partial charge in [-0.25, -0.2) is 9.18 Å². The van der Waals surface area contributed by atoms with E-state index in [1.807, 2.05) is 0 Å². The fourth-order valence-corrected chi connectivity index (χ4v) is 2.05. The first-order valence-corrected chi connectivity index (χ1v) is 6.31. The second kappa shape index (κ2) is 5.84. The molecule has 0 radical (unpaired) electrons. The molecule has 0 aliphatic carbocycles. The Bertz CT molecular complexity index is 579. The number of hydrogen-bond acceptors (Lipinski definition) is 3. The molecule has 0 heterocycles. The zero-order valence-corrected chi connectivity index (χ0v) is 11.5. The normalized spacial score (nSPS) is 10.2. The number of hydrogen-bond donors (Lipinski definition) is 1. The molecule has 2 rings (SSSR count). The highest BCUT2D eigenvalue weighted by Gasteiger charge is 2.09. The zero-order valence-electron chi connectivity index (χ0n) is 9.90. The van der Waals surface area contributed by atoms with Crippen molar-refractivity contribution in [1.82, 2.24) is 0 Å². The van der Waals surface area contributed by atoms with Crippen LogP contribution in [0.5, 0.6) is 0 Å². The second-order valence-corrected chi connectivity index (χ2v) is 4.89. The number of esters is 1. The molecule has 2 aromatic rings. The Kier molecular flexibility index (Phi) is 4.16. The fourth-order valence-electron chi connectivity index (χ4n) is 1.54.